The number of rotatable bonds is 6. The van der Waals surface area contributed by atoms with Gasteiger partial charge in [0.1, 0.15) is 6.42 Å². The molecule has 0 unspecified atom stereocenters. The van der Waals surface area contributed by atoms with Gasteiger partial charge in [0.05, 0.1) is 6.61 Å². The lowest BCUT2D eigenvalue weighted by molar-refractivity contribution is -0.144. The fourth-order valence-corrected chi connectivity index (χ4v) is 1.60. The third-order valence-corrected chi connectivity index (χ3v) is 2.65. The van der Waals surface area contributed by atoms with E-state index in [1.54, 1.807) is 51.4 Å². The molecular formula is C16H19NO4. The third kappa shape index (κ3) is 5.60. The molecule has 0 fully saturated rings. The van der Waals surface area contributed by atoms with Crippen LogP contribution in [0.1, 0.15) is 29.3 Å². The molecule has 0 N–H and O–H groups in total. The summed E-state index contributed by atoms with van der Waals surface area (Å²) >= 11 is 0. The van der Waals surface area contributed by atoms with E-state index < -0.39 is 5.97 Å². The molecule has 0 heterocycles. The molecule has 112 valence electrons. The smallest absolute Gasteiger partial charge is 0.313 e. The maximum Gasteiger partial charge on any atom is 0.313 e. The predicted octanol–water partition coefficient (Wildman–Crippen LogP) is 1.92. The molecule has 5 nitrogen and oxygen atoms in total. The second-order valence-corrected chi connectivity index (χ2v) is 4.60. The number of hydrogen-bond donors (Lipinski definition) is 0. The normalized spacial score (nSPS) is 10.4. The maximum absolute atomic E-state index is 11.7. The summed E-state index contributed by atoms with van der Waals surface area (Å²) in [5.74, 6) is -0.926. The van der Waals surface area contributed by atoms with Gasteiger partial charge >= 0.3 is 5.97 Å². The van der Waals surface area contributed by atoms with Crippen LogP contribution in [-0.4, -0.2) is 43.3 Å². The molecular weight excluding hydrogens is 270 g/mol. The van der Waals surface area contributed by atoms with Gasteiger partial charge in [-0.1, -0.05) is 18.2 Å². The minimum absolute atomic E-state index is 0.0797. The van der Waals surface area contributed by atoms with Crippen LogP contribution in [0.5, 0.6) is 0 Å². The lowest BCUT2D eigenvalue weighted by Crippen LogP contribution is -2.21. The second kappa shape index (κ2) is 7.99. The van der Waals surface area contributed by atoms with Crippen molar-refractivity contribution in [1.29, 1.82) is 0 Å². The zero-order chi connectivity index (χ0) is 15.8. The Kier molecular flexibility index (Phi) is 6.33. The molecule has 0 aliphatic heterocycles. The quantitative estimate of drug-likeness (QED) is 0.456. The Bertz CT molecular complexity index is 544. The van der Waals surface area contributed by atoms with Gasteiger partial charge in [-0.15, -0.1) is 0 Å². The van der Waals surface area contributed by atoms with Crippen molar-refractivity contribution < 1.29 is 19.1 Å². The average Bonchev–Trinajstić information content (AvgIpc) is 2.45. The van der Waals surface area contributed by atoms with Crippen LogP contribution in [0.15, 0.2) is 30.3 Å². The van der Waals surface area contributed by atoms with Crippen LogP contribution in [0.25, 0.3) is 6.08 Å². The van der Waals surface area contributed by atoms with Gasteiger partial charge in [0.2, 0.25) is 0 Å². The van der Waals surface area contributed by atoms with Crippen LogP contribution >= 0.6 is 0 Å². The van der Waals surface area contributed by atoms with E-state index in [0.717, 1.165) is 5.56 Å². The highest BCUT2D eigenvalue weighted by atomic mass is 16.5. The Morgan fingerprint density at radius 1 is 1.14 bits per heavy atom. The van der Waals surface area contributed by atoms with Gasteiger partial charge in [-0.3, -0.25) is 14.4 Å². The summed E-state index contributed by atoms with van der Waals surface area (Å²) in [5, 5.41) is 0. The zero-order valence-corrected chi connectivity index (χ0v) is 12.5. The first-order valence-electron chi connectivity index (χ1n) is 6.62. The highest BCUT2D eigenvalue weighted by molar-refractivity contribution is 6.04. The van der Waals surface area contributed by atoms with Crippen LogP contribution in [0.3, 0.4) is 0 Å². The van der Waals surface area contributed by atoms with Crippen LogP contribution < -0.4 is 0 Å². The van der Waals surface area contributed by atoms with Crippen molar-refractivity contribution in [3.63, 3.8) is 0 Å². The first-order chi connectivity index (χ1) is 9.93. The average molecular weight is 289 g/mol. The largest absolute Gasteiger partial charge is 0.466 e. The number of carbonyl (C=O) groups excluding carboxylic acids is 3. The molecule has 1 aromatic carbocycles. The lowest BCUT2D eigenvalue weighted by Gasteiger charge is -2.09. The number of ketones is 1. The molecule has 0 saturated heterocycles. The Morgan fingerprint density at radius 3 is 2.29 bits per heavy atom. The fourth-order valence-electron chi connectivity index (χ4n) is 1.60. The summed E-state index contributed by atoms with van der Waals surface area (Å²) in [6.07, 6.45) is 2.67. The molecule has 0 saturated carbocycles. The monoisotopic (exact) mass is 289 g/mol. The first kappa shape index (κ1) is 16.6. The first-order valence-corrected chi connectivity index (χ1v) is 6.62. The van der Waals surface area contributed by atoms with Crippen LogP contribution in [0, 0.1) is 0 Å². The summed E-state index contributed by atoms with van der Waals surface area (Å²) in [6, 6.07) is 6.87. The SMILES string of the molecule is CCOC(=O)CC(=O)C=Cc1ccc(C(=O)N(C)C)cc1. The van der Waals surface area contributed by atoms with Crippen LogP contribution in [-0.2, 0) is 14.3 Å². The van der Waals surface area contributed by atoms with E-state index in [1.165, 1.54) is 11.0 Å². The van der Waals surface area contributed by atoms with Gasteiger partial charge in [-0.2, -0.15) is 0 Å². The molecule has 0 aliphatic carbocycles. The zero-order valence-electron chi connectivity index (χ0n) is 12.5. The van der Waals surface area contributed by atoms with E-state index in [0.29, 0.717) is 5.56 Å². The van der Waals surface area contributed by atoms with Gasteiger partial charge in [0, 0.05) is 19.7 Å². The van der Waals surface area contributed by atoms with Gasteiger partial charge in [0.15, 0.2) is 5.78 Å². The topological polar surface area (TPSA) is 63.7 Å². The summed E-state index contributed by atoms with van der Waals surface area (Å²) in [7, 11) is 3.37. The number of amides is 1. The minimum atomic E-state index is -0.529. The predicted molar refractivity (Wildman–Crippen MR) is 79.8 cm³/mol. The molecule has 1 aromatic rings. The molecule has 0 aliphatic rings. The van der Waals surface area contributed by atoms with E-state index in [1.807, 2.05) is 0 Å². The second-order valence-electron chi connectivity index (χ2n) is 4.60. The van der Waals surface area contributed by atoms with E-state index in [9.17, 15) is 14.4 Å². The molecule has 0 atom stereocenters. The third-order valence-electron chi connectivity index (χ3n) is 2.65. The Labute approximate surface area is 124 Å². The summed E-state index contributed by atoms with van der Waals surface area (Å²) in [6.45, 7) is 1.95. The molecule has 0 aromatic heterocycles. The molecule has 1 amide bonds. The maximum atomic E-state index is 11.7. The lowest BCUT2D eigenvalue weighted by atomic mass is 10.1. The van der Waals surface area contributed by atoms with Gasteiger partial charge in [0.25, 0.3) is 5.91 Å². The number of allylic oxidation sites excluding steroid dienone is 1. The van der Waals surface area contributed by atoms with E-state index in [-0.39, 0.29) is 24.7 Å². The Balaban J connectivity index is 2.63. The molecule has 0 spiro atoms. The highest BCUT2D eigenvalue weighted by Gasteiger charge is 2.08. The van der Waals surface area contributed by atoms with Gasteiger partial charge < -0.3 is 9.64 Å². The number of hydrogen-bond acceptors (Lipinski definition) is 4. The van der Waals surface area contributed by atoms with E-state index >= 15 is 0 Å². The van der Waals surface area contributed by atoms with Crippen molar-refractivity contribution in [2.45, 2.75) is 13.3 Å². The number of carbonyl (C=O) groups is 3. The number of nitrogens with zero attached hydrogens (tertiary/aromatic N) is 1. The van der Waals surface area contributed by atoms with E-state index in [4.69, 9.17) is 4.74 Å². The van der Waals surface area contributed by atoms with Crippen LogP contribution in [0.2, 0.25) is 0 Å². The number of benzene rings is 1. The van der Waals surface area contributed by atoms with Crippen molar-refractivity contribution in [3.8, 4) is 0 Å². The summed E-state index contributed by atoms with van der Waals surface area (Å²) in [5.41, 5.74) is 1.36. The molecule has 0 radical (unpaired) electrons. The van der Waals surface area contributed by atoms with Gasteiger partial charge in [-0.25, -0.2) is 0 Å². The van der Waals surface area contributed by atoms with Crippen molar-refractivity contribution in [2.24, 2.45) is 0 Å². The molecule has 5 heteroatoms. The molecule has 21 heavy (non-hydrogen) atoms. The number of ether oxygens (including phenoxy) is 1. The van der Waals surface area contributed by atoms with Crippen molar-refractivity contribution in [2.75, 3.05) is 20.7 Å². The van der Waals surface area contributed by atoms with Crippen molar-refractivity contribution >= 4 is 23.7 Å². The molecule has 0 bridgehead atoms. The minimum Gasteiger partial charge on any atom is -0.466 e. The van der Waals surface area contributed by atoms with Crippen molar-refractivity contribution in [3.05, 3.63) is 41.5 Å². The Morgan fingerprint density at radius 2 is 1.76 bits per heavy atom. The van der Waals surface area contributed by atoms with Crippen LogP contribution in [0.4, 0.5) is 0 Å². The standard InChI is InChI=1S/C16H19NO4/c1-4-21-15(19)11-14(18)10-7-12-5-8-13(9-6-12)16(20)17(2)3/h5-10H,4,11H2,1-3H3. The van der Waals surface area contributed by atoms with Gasteiger partial charge in [-0.05, 0) is 30.7 Å². The van der Waals surface area contributed by atoms with Crippen molar-refractivity contribution in [1.82, 2.24) is 4.90 Å². The fraction of sp³-hybridized carbons (Fsp3) is 0.312. The summed E-state index contributed by atoms with van der Waals surface area (Å²) in [4.78, 5) is 35.8. The number of esters is 1. The Hall–Kier alpha value is -2.43. The highest BCUT2D eigenvalue weighted by Crippen LogP contribution is 2.08. The molecule has 1 rings (SSSR count). The van der Waals surface area contributed by atoms with E-state index in [2.05, 4.69) is 0 Å². The summed E-state index contributed by atoms with van der Waals surface area (Å²) < 4.78 is 4.69.